The zero-order chi connectivity index (χ0) is 18.1. The van der Waals surface area contributed by atoms with Gasteiger partial charge in [-0.1, -0.05) is 6.07 Å². The predicted octanol–water partition coefficient (Wildman–Crippen LogP) is 2.94. The van der Waals surface area contributed by atoms with Gasteiger partial charge in [-0.3, -0.25) is 9.59 Å². The minimum atomic E-state index is -1.09. The molecule has 25 heavy (non-hydrogen) atoms. The highest BCUT2D eigenvalue weighted by molar-refractivity contribution is 7.13. The second-order valence-corrected chi connectivity index (χ2v) is 6.93. The molecule has 0 aliphatic carbocycles. The fourth-order valence-electron chi connectivity index (χ4n) is 2.47. The van der Waals surface area contributed by atoms with Crippen LogP contribution in [0, 0.1) is 0 Å². The van der Waals surface area contributed by atoms with Crippen LogP contribution in [0.4, 0.5) is 0 Å². The van der Waals surface area contributed by atoms with Crippen molar-refractivity contribution < 1.29 is 14.7 Å². The average Bonchev–Trinajstić information content (AvgIpc) is 3.22. The third-order valence-electron chi connectivity index (χ3n) is 3.79. The summed E-state index contributed by atoms with van der Waals surface area (Å²) < 4.78 is 1.75. The van der Waals surface area contributed by atoms with Gasteiger partial charge in [0, 0.05) is 6.04 Å². The number of pyridine rings is 1. The Bertz CT molecular complexity index is 931. The largest absolute Gasteiger partial charge is 0.480 e. The SMILES string of the molecule is CC(C)n1ncc2c(C(=O)N[C@H](C)C(=O)O)cc(-c3cccs3)nc21. The summed E-state index contributed by atoms with van der Waals surface area (Å²) in [6.45, 7) is 5.40. The van der Waals surface area contributed by atoms with E-state index in [2.05, 4.69) is 15.4 Å². The van der Waals surface area contributed by atoms with E-state index < -0.39 is 17.9 Å². The molecule has 0 saturated carbocycles. The maximum atomic E-state index is 12.6. The van der Waals surface area contributed by atoms with E-state index in [9.17, 15) is 9.59 Å². The first-order valence-electron chi connectivity index (χ1n) is 7.84. The number of hydrogen-bond donors (Lipinski definition) is 2. The van der Waals surface area contributed by atoms with E-state index in [1.54, 1.807) is 16.9 Å². The van der Waals surface area contributed by atoms with E-state index in [1.807, 2.05) is 31.4 Å². The van der Waals surface area contributed by atoms with Crippen LogP contribution in [-0.4, -0.2) is 37.8 Å². The number of amides is 1. The zero-order valence-corrected chi connectivity index (χ0v) is 14.9. The molecule has 7 nitrogen and oxygen atoms in total. The van der Waals surface area contributed by atoms with Gasteiger partial charge in [0.2, 0.25) is 0 Å². The molecule has 0 aliphatic rings. The fraction of sp³-hybridized carbons (Fsp3) is 0.294. The molecule has 0 saturated heterocycles. The first-order valence-corrected chi connectivity index (χ1v) is 8.72. The number of carboxylic acids is 1. The summed E-state index contributed by atoms with van der Waals surface area (Å²) >= 11 is 1.52. The molecular weight excluding hydrogens is 340 g/mol. The van der Waals surface area contributed by atoms with Crippen molar-refractivity contribution in [1.29, 1.82) is 0 Å². The number of nitrogens with one attached hydrogen (secondary N) is 1. The minimum Gasteiger partial charge on any atom is -0.480 e. The van der Waals surface area contributed by atoms with Crippen LogP contribution in [0.2, 0.25) is 0 Å². The number of hydrogen-bond acceptors (Lipinski definition) is 5. The van der Waals surface area contributed by atoms with E-state index in [-0.39, 0.29) is 6.04 Å². The van der Waals surface area contributed by atoms with E-state index in [1.165, 1.54) is 18.3 Å². The van der Waals surface area contributed by atoms with E-state index in [0.29, 0.717) is 22.3 Å². The molecule has 2 N–H and O–H groups in total. The second kappa shape index (κ2) is 6.64. The van der Waals surface area contributed by atoms with E-state index in [4.69, 9.17) is 5.11 Å². The van der Waals surface area contributed by atoms with Crippen LogP contribution < -0.4 is 5.32 Å². The Morgan fingerprint density at radius 3 is 2.68 bits per heavy atom. The van der Waals surface area contributed by atoms with Gasteiger partial charge in [-0.25, -0.2) is 9.67 Å². The Hall–Kier alpha value is -2.74. The lowest BCUT2D eigenvalue weighted by molar-refractivity contribution is -0.138. The molecule has 130 valence electrons. The Labute approximate surface area is 148 Å². The summed E-state index contributed by atoms with van der Waals surface area (Å²) in [6.07, 6.45) is 1.60. The number of rotatable bonds is 5. The van der Waals surface area contributed by atoms with Gasteiger partial charge in [0.25, 0.3) is 5.91 Å². The van der Waals surface area contributed by atoms with E-state index >= 15 is 0 Å². The van der Waals surface area contributed by atoms with Crippen molar-refractivity contribution in [3.8, 4) is 10.6 Å². The number of carbonyl (C=O) groups is 2. The minimum absolute atomic E-state index is 0.0810. The summed E-state index contributed by atoms with van der Waals surface area (Å²) in [5.41, 5.74) is 1.64. The van der Waals surface area contributed by atoms with Gasteiger partial charge in [0.1, 0.15) is 6.04 Å². The number of nitrogens with zero attached hydrogens (tertiary/aromatic N) is 3. The van der Waals surface area contributed by atoms with E-state index in [0.717, 1.165) is 4.88 Å². The molecule has 1 atom stereocenters. The van der Waals surface area contributed by atoms with Crippen molar-refractivity contribution in [1.82, 2.24) is 20.1 Å². The molecule has 0 unspecified atom stereocenters. The maximum Gasteiger partial charge on any atom is 0.325 e. The van der Waals surface area contributed by atoms with Gasteiger partial charge in [-0.2, -0.15) is 5.10 Å². The Balaban J connectivity index is 2.16. The summed E-state index contributed by atoms with van der Waals surface area (Å²) in [5.74, 6) is -1.54. The molecule has 0 bridgehead atoms. The molecule has 1 amide bonds. The topological polar surface area (TPSA) is 97.1 Å². The fourth-order valence-corrected chi connectivity index (χ4v) is 3.16. The number of carboxylic acid groups (broad SMARTS) is 1. The number of fused-ring (bicyclic) bond motifs is 1. The molecular formula is C17H18N4O3S. The van der Waals surface area contributed by atoms with Crippen LogP contribution in [0.1, 0.15) is 37.2 Å². The third kappa shape index (κ3) is 3.25. The molecule has 0 spiro atoms. The van der Waals surface area contributed by atoms with Crippen molar-refractivity contribution >= 4 is 34.2 Å². The monoisotopic (exact) mass is 358 g/mol. The van der Waals surface area contributed by atoms with Crippen molar-refractivity contribution in [3.63, 3.8) is 0 Å². The lowest BCUT2D eigenvalue weighted by Gasteiger charge is -2.12. The van der Waals surface area contributed by atoms with Crippen LogP contribution in [0.3, 0.4) is 0 Å². The van der Waals surface area contributed by atoms with Crippen LogP contribution in [-0.2, 0) is 4.79 Å². The van der Waals surface area contributed by atoms with Gasteiger partial charge in [-0.05, 0) is 38.3 Å². The maximum absolute atomic E-state index is 12.6. The Kier molecular flexibility index (Phi) is 4.54. The number of thiophene rings is 1. The zero-order valence-electron chi connectivity index (χ0n) is 14.1. The van der Waals surface area contributed by atoms with Crippen LogP contribution in [0.5, 0.6) is 0 Å². The molecule has 0 fully saturated rings. The standard InChI is InChI=1S/C17H18N4O3S/c1-9(2)21-15-12(8-18-21)11(16(22)19-10(3)17(23)24)7-13(20-15)14-5-4-6-25-14/h4-10H,1-3H3,(H,19,22)(H,23,24)/t10-/m1/s1. The van der Waals surface area contributed by atoms with Gasteiger partial charge in [0.05, 0.1) is 27.7 Å². The van der Waals surface area contributed by atoms with Gasteiger partial charge >= 0.3 is 5.97 Å². The summed E-state index contributed by atoms with van der Waals surface area (Å²) in [5, 5.41) is 18.4. The quantitative estimate of drug-likeness (QED) is 0.731. The molecule has 3 aromatic heterocycles. The summed E-state index contributed by atoms with van der Waals surface area (Å²) in [7, 11) is 0. The van der Waals surface area contributed by atoms with Crippen LogP contribution in [0.15, 0.2) is 29.8 Å². The lowest BCUT2D eigenvalue weighted by atomic mass is 10.1. The van der Waals surface area contributed by atoms with Gasteiger partial charge < -0.3 is 10.4 Å². The van der Waals surface area contributed by atoms with Crippen molar-refractivity contribution in [2.24, 2.45) is 0 Å². The predicted molar refractivity (Wildman–Crippen MR) is 95.8 cm³/mol. The smallest absolute Gasteiger partial charge is 0.325 e. The lowest BCUT2D eigenvalue weighted by Crippen LogP contribution is -2.38. The molecule has 0 aromatic carbocycles. The summed E-state index contributed by atoms with van der Waals surface area (Å²) in [4.78, 5) is 29.3. The van der Waals surface area contributed by atoms with Gasteiger partial charge in [-0.15, -0.1) is 11.3 Å². The first kappa shape index (κ1) is 17.1. The number of aliphatic carboxylic acids is 1. The average molecular weight is 358 g/mol. The second-order valence-electron chi connectivity index (χ2n) is 5.99. The first-order chi connectivity index (χ1) is 11.9. The van der Waals surface area contributed by atoms with Gasteiger partial charge in [0.15, 0.2) is 5.65 Å². The highest BCUT2D eigenvalue weighted by atomic mass is 32.1. The normalized spacial score (nSPS) is 12.5. The number of aromatic nitrogens is 3. The highest BCUT2D eigenvalue weighted by Gasteiger charge is 2.21. The molecule has 3 heterocycles. The molecule has 3 rings (SSSR count). The molecule has 3 aromatic rings. The van der Waals surface area contributed by atoms with Crippen molar-refractivity contribution in [2.45, 2.75) is 32.9 Å². The summed E-state index contributed by atoms with van der Waals surface area (Å²) in [6, 6.07) is 4.62. The van der Waals surface area contributed by atoms with Crippen LogP contribution >= 0.6 is 11.3 Å². The van der Waals surface area contributed by atoms with Crippen molar-refractivity contribution in [2.75, 3.05) is 0 Å². The Morgan fingerprint density at radius 1 is 1.32 bits per heavy atom. The molecule has 8 heteroatoms. The van der Waals surface area contributed by atoms with Crippen LogP contribution in [0.25, 0.3) is 21.6 Å². The number of carbonyl (C=O) groups excluding carboxylic acids is 1. The highest BCUT2D eigenvalue weighted by Crippen LogP contribution is 2.28. The Morgan fingerprint density at radius 2 is 2.08 bits per heavy atom. The molecule has 0 radical (unpaired) electrons. The third-order valence-corrected chi connectivity index (χ3v) is 4.68. The van der Waals surface area contributed by atoms with Crippen molar-refractivity contribution in [3.05, 3.63) is 35.3 Å². The molecule has 0 aliphatic heterocycles.